The van der Waals surface area contributed by atoms with Gasteiger partial charge < -0.3 is 15.2 Å². The summed E-state index contributed by atoms with van der Waals surface area (Å²) in [5, 5.41) is 0. The highest BCUT2D eigenvalue weighted by molar-refractivity contribution is 5.50. The Kier molecular flexibility index (Phi) is 2.54. The summed E-state index contributed by atoms with van der Waals surface area (Å²) >= 11 is 0. The molecule has 1 atom stereocenters. The monoisotopic (exact) mass is 243 g/mol. The van der Waals surface area contributed by atoms with Gasteiger partial charge in [0, 0.05) is 11.6 Å². The van der Waals surface area contributed by atoms with E-state index in [9.17, 15) is 8.78 Å². The third-order valence-corrected chi connectivity index (χ3v) is 2.73. The van der Waals surface area contributed by atoms with Crippen molar-refractivity contribution >= 4 is 0 Å². The van der Waals surface area contributed by atoms with Crippen molar-refractivity contribution < 1.29 is 18.3 Å². The highest BCUT2D eigenvalue weighted by atomic mass is 19.3. The van der Waals surface area contributed by atoms with Crippen LogP contribution in [0.1, 0.15) is 32.4 Å². The minimum Gasteiger partial charge on any atom is -0.395 e. The van der Waals surface area contributed by atoms with Crippen LogP contribution >= 0.6 is 0 Å². The normalized spacial score (nSPS) is 19.2. The molecular formula is C12H15F2NO2. The Morgan fingerprint density at radius 3 is 2.47 bits per heavy atom. The van der Waals surface area contributed by atoms with Crippen molar-refractivity contribution in [1.29, 1.82) is 0 Å². The number of benzene rings is 1. The van der Waals surface area contributed by atoms with Crippen molar-refractivity contribution in [2.24, 2.45) is 11.1 Å². The fourth-order valence-electron chi connectivity index (χ4n) is 1.70. The number of para-hydroxylation sites is 1. The first kappa shape index (κ1) is 12.1. The zero-order valence-electron chi connectivity index (χ0n) is 9.96. The lowest BCUT2D eigenvalue weighted by molar-refractivity contribution is -0.287. The van der Waals surface area contributed by atoms with Gasteiger partial charge in [0.25, 0.3) is 0 Å². The maximum absolute atomic E-state index is 13.0. The first-order valence-electron chi connectivity index (χ1n) is 5.35. The molecule has 1 aromatic carbocycles. The molecule has 1 aliphatic heterocycles. The summed E-state index contributed by atoms with van der Waals surface area (Å²) < 4.78 is 34.9. The molecule has 2 N–H and O–H groups in total. The molecule has 0 saturated heterocycles. The van der Waals surface area contributed by atoms with E-state index >= 15 is 0 Å². The van der Waals surface area contributed by atoms with E-state index in [2.05, 4.69) is 9.47 Å². The molecule has 17 heavy (non-hydrogen) atoms. The van der Waals surface area contributed by atoms with Crippen molar-refractivity contribution in [3.05, 3.63) is 23.8 Å². The largest absolute Gasteiger partial charge is 0.586 e. The number of hydrogen-bond donors (Lipinski definition) is 1. The number of nitrogens with two attached hydrogens (primary N) is 1. The van der Waals surface area contributed by atoms with E-state index in [0.29, 0.717) is 5.56 Å². The minimum atomic E-state index is -3.60. The first-order valence-corrected chi connectivity index (χ1v) is 5.35. The quantitative estimate of drug-likeness (QED) is 0.824. The maximum Gasteiger partial charge on any atom is 0.586 e. The van der Waals surface area contributed by atoms with Gasteiger partial charge in [-0.2, -0.15) is 0 Å². The Hall–Kier alpha value is -1.36. The van der Waals surface area contributed by atoms with Gasteiger partial charge in [-0.3, -0.25) is 0 Å². The van der Waals surface area contributed by atoms with E-state index in [1.54, 1.807) is 12.1 Å². The van der Waals surface area contributed by atoms with E-state index in [0.717, 1.165) is 0 Å². The van der Waals surface area contributed by atoms with Crippen molar-refractivity contribution in [2.75, 3.05) is 0 Å². The molecule has 0 aliphatic carbocycles. The van der Waals surface area contributed by atoms with Crippen molar-refractivity contribution in [1.82, 2.24) is 0 Å². The van der Waals surface area contributed by atoms with Crippen LogP contribution in [0.2, 0.25) is 0 Å². The van der Waals surface area contributed by atoms with E-state index < -0.39 is 12.3 Å². The van der Waals surface area contributed by atoms with E-state index in [4.69, 9.17) is 5.73 Å². The van der Waals surface area contributed by atoms with E-state index in [-0.39, 0.29) is 16.9 Å². The molecule has 2 rings (SSSR count). The number of rotatable bonds is 1. The molecule has 0 unspecified atom stereocenters. The molecule has 0 saturated carbocycles. The van der Waals surface area contributed by atoms with Crippen LogP contribution in [0.3, 0.4) is 0 Å². The highest BCUT2D eigenvalue weighted by Gasteiger charge is 2.45. The summed E-state index contributed by atoms with van der Waals surface area (Å²) in [6, 6.07) is 4.34. The van der Waals surface area contributed by atoms with Crippen LogP contribution in [0.5, 0.6) is 11.5 Å². The van der Waals surface area contributed by atoms with E-state index in [1.165, 1.54) is 6.07 Å². The SMILES string of the molecule is CC(C)(C)[C@H](N)c1cccc2c1OC(F)(F)O2. The molecule has 0 fully saturated rings. The van der Waals surface area contributed by atoms with Crippen LogP contribution in [0.4, 0.5) is 8.78 Å². The van der Waals surface area contributed by atoms with Crippen molar-refractivity contribution in [3.63, 3.8) is 0 Å². The van der Waals surface area contributed by atoms with E-state index in [1.807, 2.05) is 20.8 Å². The molecule has 5 heteroatoms. The summed E-state index contributed by atoms with van der Waals surface area (Å²) in [5.41, 5.74) is 6.33. The number of fused-ring (bicyclic) bond motifs is 1. The van der Waals surface area contributed by atoms with Crippen LogP contribution in [-0.4, -0.2) is 6.29 Å². The van der Waals surface area contributed by atoms with Gasteiger partial charge in [-0.1, -0.05) is 32.9 Å². The molecular weight excluding hydrogens is 228 g/mol. The van der Waals surface area contributed by atoms with Crippen LogP contribution < -0.4 is 15.2 Å². The maximum atomic E-state index is 13.0. The topological polar surface area (TPSA) is 44.5 Å². The molecule has 1 aromatic rings. The van der Waals surface area contributed by atoms with Gasteiger partial charge >= 0.3 is 6.29 Å². The second-order valence-electron chi connectivity index (χ2n) is 5.19. The summed E-state index contributed by atoms with van der Waals surface area (Å²) in [7, 11) is 0. The second kappa shape index (κ2) is 3.57. The summed E-state index contributed by atoms with van der Waals surface area (Å²) in [5.74, 6) is 0.0760. The van der Waals surface area contributed by atoms with Crippen LogP contribution in [0.15, 0.2) is 18.2 Å². The molecule has 1 aliphatic rings. The summed E-state index contributed by atoms with van der Waals surface area (Å²) in [4.78, 5) is 0. The predicted molar refractivity (Wildman–Crippen MR) is 59.0 cm³/mol. The highest BCUT2D eigenvalue weighted by Crippen LogP contribution is 2.47. The summed E-state index contributed by atoms with van der Waals surface area (Å²) in [6.07, 6.45) is -3.60. The number of alkyl halides is 2. The molecule has 1 heterocycles. The standard InChI is InChI=1S/C12H15F2NO2/c1-11(2,3)10(15)7-5-4-6-8-9(7)17-12(13,14)16-8/h4-6,10H,15H2,1-3H3/t10-/m1/s1. The average molecular weight is 243 g/mol. The lowest BCUT2D eigenvalue weighted by atomic mass is 9.82. The molecule has 94 valence electrons. The van der Waals surface area contributed by atoms with Crippen LogP contribution in [-0.2, 0) is 0 Å². The Labute approximate surface area is 98.5 Å². The third-order valence-electron chi connectivity index (χ3n) is 2.73. The molecule has 3 nitrogen and oxygen atoms in total. The Morgan fingerprint density at radius 2 is 1.88 bits per heavy atom. The lowest BCUT2D eigenvalue weighted by Gasteiger charge is -2.27. The van der Waals surface area contributed by atoms with Crippen molar-refractivity contribution in [3.8, 4) is 11.5 Å². The summed E-state index contributed by atoms with van der Waals surface area (Å²) in [6.45, 7) is 5.81. The first-order chi connectivity index (χ1) is 7.71. The number of hydrogen-bond acceptors (Lipinski definition) is 3. The molecule has 0 amide bonds. The zero-order chi connectivity index (χ0) is 12.8. The Balaban J connectivity index is 2.43. The fourth-order valence-corrected chi connectivity index (χ4v) is 1.70. The average Bonchev–Trinajstić information content (AvgIpc) is 2.48. The van der Waals surface area contributed by atoms with Gasteiger partial charge in [-0.05, 0) is 11.5 Å². The van der Waals surface area contributed by atoms with Crippen molar-refractivity contribution in [2.45, 2.75) is 33.1 Å². The molecule has 0 aromatic heterocycles. The third kappa shape index (κ3) is 2.20. The van der Waals surface area contributed by atoms with Crippen LogP contribution in [0.25, 0.3) is 0 Å². The van der Waals surface area contributed by atoms with Gasteiger partial charge in [0.1, 0.15) is 0 Å². The molecule has 0 bridgehead atoms. The van der Waals surface area contributed by atoms with Gasteiger partial charge in [-0.25, -0.2) is 0 Å². The lowest BCUT2D eigenvalue weighted by Crippen LogP contribution is -2.28. The zero-order valence-corrected chi connectivity index (χ0v) is 9.96. The van der Waals surface area contributed by atoms with Gasteiger partial charge in [0.2, 0.25) is 0 Å². The number of ether oxygens (including phenoxy) is 2. The predicted octanol–water partition coefficient (Wildman–Crippen LogP) is 3.05. The molecule has 0 radical (unpaired) electrons. The minimum absolute atomic E-state index is 0.0344. The second-order valence-corrected chi connectivity index (χ2v) is 5.19. The number of halogens is 2. The Morgan fingerprint density at radius 1 is 1.24 bits per heavy atom. The van der Waals surface area contributed by atoms with Gasteiger partial charge in [0.05, 0.1) is 0 Å². The molecule has 0 spiro atoms. The smallest absolute Gasteiger partial charge is 0.395 e. The van der Waals surface area contributed by atoms with Gasteiger partial charge in [-0.15, -0.1) is 8.78 Å². The van der Waals surface area contributed by atoms with Crippen LogP contribution in [0, 0.1) is 5.41 Å². The Bertz CT molecular complexity index is 441. The van der Waals surface area contributed by atoms with Gasteiger partial charge in [0.15, 0.2) is 11.5 Å². The fraction of sp³-hybridized carbons (Fsp3) is 0.500.